The summed E-state index contributed by atoms with van der Waals surface area (Å²) in [7, 11) is 0. The second-order valence-corrected chi connectivity index (χ2v) is 4.43. The van der Waals surface area contributed by atoms with Crippen molar-refractivity contribution in [2.45, 2.75) is 18.9 Å². The minimum Gasteiger partial charge on any atom is -0.544 e. The number of phenolic OH excluding ortho intramolecular Hbond substituents is 1. The van der Waals surface area contributed by atoms with E-state index in [0.29, 0.717) is 13.1 Å². The van der Waals surface area contributed by atoms with Crippen molar-refractivity contribution in [3.05, 3.63) is 24.3 Å². The first kappa shape index (κ1) is 15.9. The molecule has 0 aromatic heterocycles. The zero-order valence-corrected chi connectivity index (χ0v) is 11.2. The van der Waals surface area contributed by atoms with Gasteiger partial charge in [-0.05, 0) is 12.1 Å². The van der Waals surface area contributed by atoms with Gasteiger partial charge >= 0.3 is 0 Å². The summed E-state index contributed by atoms with van der Waals surface area (Å²) in [5.41, 5.74) is 3.92. The third kappa shape index (κ3) is 5.25. The summed E-state index contributed by atoms with van der Waals surface area (Å²) in [4.78, 5) is 22.7. The maximum Gasteiger partial charge on any atom is 0.230 e. The molecule has 0 bridgehead atoms. The summed E-state index contributed by atoms with van der Waals surface area (Å²) in [6.07, 6.45) is 0.554. The van der Waals surface area contributed by atoms with E-state index in [0.717, 1.165) is 6.42 Å². The quantitative estimate of drug-likeness (QED) is 0.299. The van der Waals surface area contributed by atoms with Crippen LogP contribution in [0.4, 0.5) is 5.69 Å². The van der Waals surface area contributed by atoms with Gasteiger partial charge in [0.15, 0.2) is 0 Å². The number of carbonyl (C=O) groups excluding carboxylic acids is 2. The van der Waals surface area contributed by atoms with E-state index in [4.69, 9.17) is 0 Å². The molecule has 0 aliphatic heterocycles. The molecule has 1 aromatic rings. The van der Waals surface area contributed by atoms with E-state index in [-0.39, 0.29) is 17.9 Å². The Morgan fingerprint density at radius 3 is 2.70 bits per heavy atom. The summed E-state index contributed by atoms with van der Waals surface area (Å²) < 4.78 is 0. The molecular weight excluding hydrogens is 262 g/mol. The van der Waals surface area contributed by atoms with E-state index in [9.17, 15) is 19.8 Å². The van der Waals surface area contributed by atoms with Crippen LogP contribution in [0.5, 0.6) is 5.75 Å². The number of hydrogen-bond donors (Lipinski definition) is 4. The number of para-hydroxylation sites is 2. The largest absolute Gasteiger partial charge is 0.544 e. The van der Waals surface area contributed by atoms with E-state index in [2.05, 4.69) is 11.1 Å². The van der Waals surface area contributed by atoms with Crippen molar-refractivity contribution in [1.29, 1.82) is 0 Å². The van der Waals surface area contributed by atoms with Crippen LogP contribution in [0.3, 0.4) is 0 Å². The average molecular weight is 282 g/mol. The summed E-state index contributed by atoms with van der Waals surface area (Å²) in [6, 6.07) is 5.32. The van der Waals surface area contributed by atoms with E-state index in [1.807, 2.05) is 0 Å². The normalized spacial score (nSPS) is 11.8. The van der Waals surface area contributed by atoms with Crippen LogP contribution in [-0.4, -0.2) is 36.1 Å². The number of quaternary nitrogens is 2. The first-order valence-corrected chi connectivity index (χ1v) is 6.46. The molecule has 1 atom stereocenters. The fraction of sp³-hybridized carbons (Fsp3) is 0.385. The van der Waals surface area contributed by atoms with Gasteiger partial charge in [-0.15, -0.1) is 0 Å². The summed E-state index contributed by atoms with van der Waals surface area (Å²) in [6.45, 7) is 1.28. The number of benzene rings is 1. The molecule has 1 rings (SSSR count). The Labute approximate surface area is 116 Å². The number of nitrogens with one attached hydrogen (secondary N) is 1. The van der Waals surface area contributed by atoms with E-state index in [1.54, 1.807) is 17.4 Å². The lowest BCUT2D eigenvalue weighted by atomic mass is 10.2. The molecule has 0 saturated heterocycles. The van der Waals surface area contributed by atoms with Gasteiger partial charge in [-0.25, -0.2) is 0 Å². The zero-order chi connectivity index (χ0) is 15.0. The van der Waals surface area contributed by atoms with Crippen LogP contribution in [-0.2, 0) is 9.59 Å². The van der Waals surface area contributed by atoms with Crippen LogP contribution >= 0.6 is 0 Å². The van der Waals surface area contributed by atoms with Gasteiger partial charge in [-0.3, -0.25) is 4.79 Å². The number of aromatic hydroxyl groups is 1. The maximum absolute atomic E-state index is 11.8. The SMILES string of the molecule is [NH3+]CCC[NH2+][C@H](CC(=O)Nc1ccccc1O)C(=O)[O-]. The van der Waals surface area contributed by atoms with Crippen molar-refractivity contribution >= 4 is 17.6 Å². The van der Waals surface area contributed by atoms with E-state index >= 15 is 0 Å². The van der Waals surface area contributed by atoms with Crippen LogP contribution in [0, 0.1) is 0 Å². The Hall–Kier alpha value is -2.12. The molecule has 0 spiro atoms. The van der Waals surface area contributed by atoms with Gasteiger partial charge in [0.1, 0.15) is 11.8 Å². The van der Waals surface area contributed by atoms with Crippen LogP contribution in [0.2, 0.25) is 0 Å². The number of carboxylic acid groups (broad SMARTS) is 1. The predicted octanol–water partition coefficient (Wildman–Crippen LogP) is -2.97. The third-order valence-electron chi connectivity index (χ3n) is 2.79. The van der Waals surface area contributed by atoms with Gasteiger partial charge in [0.25, 0.3) is 0 Å². The van der Waals surface area contributed by atoms with Crippen molar-refractivity contribution < 1.29 is 30.9 Å². The average Bonchev–Trinajstić information content (AvgIpc) is 2.40. The topological polar surface area (TPSA) is 134 Å². The lowest BCUT2D eigenvalue weighted by Crippen LogP contribution is -2.93. The Bertz CT molecular complexity index is 465. The maximum atomic E-state index is 11.8. The van der Waals surface area contributed by atoms with Crippen molar-refractivity contribution in [1.82, 2.24) is 0 Å². The zero-order valence-electron chi connectivity index (χ0n) is 11.2. The smallest absolute Gasteiger partial charge is 0.230 e. The Balaban J connectivity index is 2.54. The first-order valence-electron chi connectivity index (χ1n) is 6.46. The molecule has 7 nitrogen and oxygen atoms in total. The van der Waals surface area contributed by atoms with Gasteiger partial charge in [0, 0.05) is 6.42 Å². The highest BCUT2D eigenvalue weighted by Crippen LogP contribution is 2.21. The number of carboxylic acids is 1. The van der Waals surface area contributed by atoms with Gasteiger partial charge in [-0.2, -0.15) is 0 Å². The number of carbonyl (C=O) groups is 2. The number of phenols is 1. The summed E-state index contributed by atoms with van der Waals surface area (Å²) in [5.74, 6) is -1.82. The third-order valence-corrected chi connectivity index (χ3v) is 2.79. The van der Waals surface area contributed by atoms with Gasteiger partial charge in [-0.1, -0.05) is 12.1 Å². The predicted molar refractivity (Wildman–Crippen MR) is 69.3 cm³/mol. The minimum atomic E-state index is -1.28. The van der Waals surface area contributed by atoms with Crippen molar-refractivity contribution in [3.8, 4) is 5.75 Å². The molecule has 0 heterocycles. The van der Waals surface area contributed by atoms with Crippen molar-refractivity contribution in [2.24, 2.45) is 0 Å². The molecule has 0 saturated carbocycles. The monoisotopic (exact) mass is 282 g/mol. The van der Waals surface area contributed by atoms with Gasteiger partial charge in [0.2, 0.25) is 5.91 Å². The van der Waals surface area contributed by atoms with E-state index < -0.39 is 17.9 Å². The Kier molecular flexibility index (Phi) is 6.48. The van der Waals surface area contributed by atoms with Crippen molar-refractivity contribution in [3.63, 3.8) is 0 Å². The highest BCUT2D eigenvalue weighted by atomic mass is 16.4. The first-order chi connectivity index (χ1) is 9.54. The Morgan fingerprint density at radius 1 is 1.40 bits per heavy atom. The highest BCUT2D eigenvalue weighted by Gasteiger charge is 2.18. The number of rotatable bonds is 8. The van der Waals surface area contributed by atoms with Crippen LogP contribution in [0.1, 0.15) is 12.8 Å². The van der Waals surface area contributed by atoms with Gasteiger partial charge < -0.3 is 31.4 Å². The molecule has 1 aromatic carbocycles. The Morgan fingerprint density at radius 2 is 2.10 bits per heavy atom. The number of hydrogen-bond acceptors (Lipinski definition) is 4. The van der Waals surface area contributed by atoms with Gasteiger partial charge in [0.05, 0.1) is 31.2 Å². The second kappa shape index (κ2) is 8.13. The lowest BCUT2D eigenvalue weighted by molar-refractivity contribution is -0.684. The highest BCUT2D eigenvalue weighted by molar-refractivity contribution is 5.94. The van der Waals surface area contributed by atoms with Crippen molar-refractivity contribution in [2.75, 3.05) is 18.4 Å². The van der Waals surface area contributed by atoms with E-state index in [1.165, 1.54) is 12.1 Å². The second-order valence-electron chi connectivity index (χ2n) is 4.43. The summed E-state index contributed by atoms with van der Waals surface area (Å²) in [5, 5.41) is 24.5. The molecule has 110 valence electrons. The summed E-state index contributed by atoms with van der Waals surface area (Å²) >= 11 is 0. The molecule has 0 radical (unpaired) electrons. The van der Waals surface area contributed by atoms with Crippen LogP contribution in [0.25, 0.3) is 0 Å². The fourth-order valence-corrected chi connectivity index (χ4v) is 1.71. The lowest BCUT2D eigenvalue weighted by Gasteiger charge is -2.16. The molecule has 1 amide bonds. The number of amides is 1. The number of nitrogens with two attached hydrogens (primary N) is 1. The van der Waals surface area contributed by atoms with Crippen LogP contribution < -0.4 is 21.5 Å². The number of aliphatic carboxylic acids is 1. The molecular formula is C13H20N3O4+. The molecule has 20 heavy (non-hydrogen) atoms. The molecule has 0 fully saturated rings. The standard InChI is InChI=1S/C13H19N3O4/c14-6-3-7-15-10(13(19)20)8-12(18)16-9-4-1-2-5-11(9)17/h1-2,4-5,10,15,17H,3,6-8,14H2,(H,16,18)(H,19,20)/p+1/t10-/m1/s1. The minimum absolute atomic E-state index is 0.0631. The molecule has 7 heteroatoms. The molecule has 0 unspecified atom stereocenters. The van der Waals surface area contributed by atoms with Crippen LogP contribution in [0.15, 0.2) is 24.3 Å². The fourth-order valence-electron chi connectivity index (χ4n) is 1.71. The number of anilines is 1. The molecule has 0 aliphatic rings. The molecule has 7 N–H and O–H groups in total. The molecule has 0 aliphatic carbocycles.